The number of rotatable bonds is 3. The number of methoxy groups -OCH3 is 1. The van der Waals surface area contributed by atoms with Crippen molar-refractivity contribution in [3.8, 4) is 0 Å². The van der Waals surface area contributed by atoms with Crippen LogP contribution in [-0.4, -0.2) is 61.1 Å². The van der Waals surface area contributed by atoms with E-state index < -0.39 is 11.7 Å². The number of alkyl halides is 3. The summed E-state index contributed by atoms with van der Waals surface area (Å²) in [5, 5.41) is 0. The van der Waals surface area contributed by atoms with Gasteiger partial charge >= 0.3 is 6.18 Å². The average molecular weight is 370 g/mol. The summed E-state index contributed by atoms with van der Waals surface area (Å²) in [7, 11) is 1.75. The van der Waals surface area contributed by atoms with Crippen LogP contribution in [0.4, 0.5) is 13.2 Å². The summed E-state index contributed by atoms with van der Waals surface area (Å²) in [5.74, 6) is -0.312. The molecule has 4 nitrogen and oxygen atoms in total. The molecule has 0 aliphatic carbocycles. The third kappa shape index (κ3) is 4.38. The first-order valence-electron chi connectivity index (χ1n) is 9.12. The number of benzene rings is 1. The second-order valence-corrected chi connectivity index (χ2v) is 7.07. The molecular formula is C19H25F3N2O2. The molecule has 2 saturated heterocycles. The zero-order chi connectivity index (χ0) is 18.7. The maximum absolute atomic E-state index is 12.8. The van der Waals surface area contributed by atoms with Gasteiger partial charge in [0.2, 0.25) is 0 Å². The number of hydrogen-bond donors (Lipinski definition) is 0. The van der Waals surface area contributed by atoms with Gasteiger partial charge in [0.05, 0.1) is 11.7 Å². The molecule has 0 spiro atoms. The van der Waals surface area contributed by atoms with E-state index in [1.54, 1.807) is 12.0 Å². The lowest BCUT2D eigenvalue weighted by atomic mass is 9.98. The van der Waals surface area contributed by atoms with Crippen LogP contribution in [0.25, 0.3) is 0 Å². The van der Waals surface area contributed by atoms with Gasteiger partial charge in [0.1, 0.15) is 0 Å². The second kappa shape index (κ2) is 7.96. The fourth-order valence-electron chi connectivity index (χ4n) is 3.92. The standard InChI is InChI=1S/C19H25F3N2O2/c1-26-17-7-11-23(12-8-17)16-5-9-24(10-6-16)18(25)14-3-2-4-15(13-14)19(20,21)22/h2-4,13,16-17H,5-12H2,1H3. The van der Waals surface area contributed by atoms with E-state index in [-0.39, 0.29) is 11.5 Å². The van der Waals surface area contributed by atoms with Crippen LogP contribution in [0.5, 0.6) is 0 Å². The van der Waals surface area contributed by atoms with Crippen molar-refractivity contribution in [2.24, 2.45) is 0 Å². The number of likely N-dealkylation sites (tertiary alicyclic amines) is 2. The Morgan fingerprint density at radius 3 is 2.31 bits per heavy atom. The molecule has 0 saturated carbocycles. The number of piperidine rings is 2. The first kappa shape index (κ1) is 19.2. The third-order valence-corrected chi connectivity index (χ3v) is 5.51. The molecule has 0 radical (unpaired) electrons. The molecule has 0 N–H and O–H groups in total. The first-order chi connectivity index (χ1) is 12.4. The number of carbonyl (C=O) groups excluding carboxylic acids is 1. The number of hydrogen-bond acceptors (Lipinski definition) is 3. The molecule has 0 atom stereocenters. The summed E-state index contributed by atoms with van der Waals surface area (Å²) in [6, 6.07) is 5.14. The van der Waals surface area contributed by atoms with E-state index in [1.165, 1.54) is 12.1 Å². The molecule has 7 heteroatoms. The van der Waals surface area contributed by atoms with Gasteiger partial charge in [-0.1, -0.05) is 6.07 Å². The van der Waals surface area contributed by atoms with Gasteiger partial charge in [-0.05, 0) is 43.9 Å². The highest BCUT2D eigenvalue weighted by Crippen LogP contribution is 2.30. The van der Waals surface area contributed by atoms with Gasteiger partial charge in [0.25, 0.3) is 5.91 Å². The van der Waals surface area contributed by atoms with Crippen LogP contribution in [0.2, 0.25) is 0 Å². The van der Waals surface area contributed by atoms with Crippen molar-refractivity contribution >= 4 is 5.91 Å². The molecule has 1 amide bonds. The minimum atomic E-state index is -4.43. The van der Waals surface area contributed by atoms with Crippen molar-refractivity contribution < 1.29 is 22.7 Å². The Kier molecular flexibility index (Phi) is 5.87. The summed E-state index contributed by atoms with van der Waals surface area (Å²) >= 11 is 0. The molecule has 0 unspecified atom stereocenters. The average Bonchev–Trinajstić information content (AvgIpc) is 2.67. The number of halogens is 3. The van der Waals surface area contributed by atoms with Crippen LogP contribution in [-0.2, 0) is 10.9 Å². The summed E-state index contributed by atoms with van der Waals surface area (Å²) < 4.78 is 43.9. The van der Waals surface area contributed by atoms with E-state index in [0.29, 0.717) is 25.2 Å². The summed E-state index contributed by atoms with van der Waals surface area (Å²) in [4.78, 5) is 16.7. The van der Waals surface area contributed by atoms with Crippen molar-refractivity contribution in [3.05, 3.63) is 35.4 Å². The highest BCUT2D eigenvalue weighted by atomic mass is 19.4. The van der Waals surface area contributed by atoms with Crippen LogP contribution in [0.15, 0.2) is 24.3 Å². The van der Waals surface area contributed by atoms with E-state index in [0.717, 1.165) is 50.9 Å². The molecule has 3 rings (SSSR count). The topological polar surface area (TPSA) is 32.8 Å². The van der Waals surface area contributed by atoms with Crippen LogP contribution < -0.4 is 0 Å². The Bertz CT molecular complexity index is 619. The lowest BCUT2D eigenvalue weighted by molar-refractivity contribution is -0.137. The number of ether oxygens (including phenoxy) is 1. The highest BCUT2D eigenvalue weighted by molar-refractivity contribution is 5.94. The molecule has 144 valence electrons. The molecular weight excluding hydrogens is 345 g/mol. The Hall–Kier alpha value is -1.60. The van der Waals surface area contributed by atoms with Gasteiger partial charge < -0.3 is 14.5 Å². The predicted octanol–water partition coefficient (Wildman–Crippen LogP) is 3.42. The number of amides is 1. The van der Waals surface area contributed by atoms with Crippen molar-refractivity contribution in [3.63, 3.8) is 0 Å². The van der Waals surface area contributed by atoms with Crippen LogP contribution in [0.1, 0.15) is 41.6 Å². The third-order valence-electron chi connectivity index (χ3n) is 5.51. The van der Waals surface area contributed by atoms with Crippen LogP contribution in [0, 0.1) is 0 Å². The predicted molar refractivity (Wildman–Crippen MR) is 92.0 cm³/mol. The molecule has 26 heavy (non-hydrogen) atoms. The van der Waals surface area contributed by atoms with Gasteiger partial charge in [-0.25, -0.2) is 0 Å². The van der Waals surface area contributed by atoms with E-state index in [4.69, 9.17) is 4.74 Å². The fourth-order valence-corrected chi connectivity index (χ4v) is 3.92. The molecule has 1 aromatic rings. The smallest absolute Gasteiger partial charge is 0.381 e. The van der Waals surface area contributed by atoms with Crippen molar-refractivity contribution in [2.45, 2.75) is 44.0 Å². The van der Waals surface area contributed by atoms with Gasteiger partial charge in [-0.15, -0.1) is 0 Å². The number of carbonyl (C=O) groups is 1. The van der Waals surface area contributed by atoms with E-state index in [1.807, 2.05) is 0 Å². The van der Waals surface area contributed by atoms with Crippen molar-refractivity contribution in [2.75, 3.05) is 33.3 Å². The van der Waals surface area contributed by atoms with Crippen LogP contribution in [0.3, 0.4) is 0 Å². The SMILES string of the molecule is COC1CCN(C2CCN(C(=O)c3cccc(C(F)(F)F)c3)CC2)CC1. The lowest BCUT2D eigenvalue weighted by Crippen LogP contribution is -2.49. The Labute approximate surface area is 151 Å². The Morgan fingerprint density at radius 1 is 1.08 bits per heavy atom. The van der Waals surface area contributed by atoms with E-state index in [2.05, 4.69) is 4.90 Å². The second-order valence-electron chi connectivity index (χ2n) is 7.07. The molecule has 0 aromatic heterocycles. The molecule has 0 bridgehead atoms. The van der Waals surface area contributed by atoms with Crippen molar-refractivity contribution in [1.29, 1.82) is 0 Å². The Morgan fingerprint density at radius 2 is 1.73 bits per heavy atom. The molecule has 2 aliphatic rings. The molecule has 1 aromatic carbocycles. The van der Waals surface area contributed by atoms with Crippen molar-refractivity contribution in [1.82, 2.24) is 9.80 Å². The van der Waals surface area contributed by atoms with Crippen LogP contribution >= 0.6 is 0 Å². The maximum atomic E-state index is 12.8. The molecule has 2 fully saturated rings. The highest BCUT2D eigenvalue weighted by Gasteiger charge is 2.33. The summed E-state index contributed by atoms with van der Waals surface area (Å²) in [5.41, 5.74) is -0.668. The minimum absolute atomic E-state index is 0.110. The van der Waals surface area contributed by atoms with Gasteiger partial charge in [0.15, 0.2) is 0 Å². The summed E-state index contributed by atoms with van der Waals surface area (Å²) in [6.45, 7) is 3.18. The molecule has 2 heterocycles. The molecule has 2 aliphatic heterocycles. The fraction of sp³-hybridized carbons (Fsp3) is 0.632. The van der Waals surface area contributed by atoms with Gasteiger partial charge in [0, 0.05) is 44.9 Å². The van der Waals surface area contributed by atoms with E-state index in [9.17, 15) is 18.0 Å². The van der Waals surface area contributed by atoms with E-state index >= 15 is 0 Å². The number of nitrogens with zero attached hydrogens (tertiary/aromatic N) is 2. The van der Waals surface area contributed by atoms with Gasteiger partial charge in [-0.3, -0.25) is 4.79 Å². The maximum Gasteiger partial charge on any atom is 0.416 e. The Balaban J connectivity index is 1.56. The zero-order valence-electron chi connectivity index (χ0n) is 15.0. The largest absolute Gasteiger partial charge is 0.416 e. The normalized spacial score (nSPS) is 21.2. The summed E-state index contributed by atoms with van der Waals surface area (Å²) in [6.07, 6.45) is -0.309. The first-order valence-corrected chi connectivity index (χ1v) is 9.12. The monoisotopic (exact) mass is 370 g/mol. The minimum Gasteiger partial charge on any atom is -0.381 e. The van der Waals surface area contributed by atoms with Gasteiger partial charge in [-0.2, -0.15) is 13.2 Å². The zero-order valence-corrected chi connectivity index (χ0v) is 15.0. The lowest BCUT2D eigenvalue weighted by Gasteiger charge is -2.41. The quantitative estimate of drug-likeness (QED) is 0.817.